The average molecular weight is 248 g/mol. The minimum Gasteiger partial charge on any atom is -0.481 e. The number of hydrogen-bond donors (Lipinski definition) is 1. The molecule has 0 amide bonds. The molecule has 2 rings (SSSR count). The molecule has 1 aliphatic heterocycles. The highest BCUT2D eigenvalue weighted by Crippen LogP contribution is 2.20. The molecule has 0 saturated carbocycles. The van der Waals surface area contributed by atoms with E-state index in [1.807, 2.05) is 7.05 Å². The quantitative estimate of drug-likeness (QED) is 0.882. The van der Waals surface area contributed by atoms with E-state index < -0.39 is 5.97 Å². The first-order chi connectivity index (χ1) is 8.56. The molecule has 98 valence electrons. The van der Waals surface area contributed by atoms with Gasteiger partial charge >= 0.3 is 5.97 Å². The van der Waals surface area contributed by atoms with E-state index in [9.17, 15) is 4.79 Å². The van der Waals surface area contributed by atoms with Gasteiger partial charge in [0, 0.05) is 31.4 Å². The van der Waals surface area contributed by atoms with Crippen LogP contribution in [0.5, 0.6) is 0 Å². The molecule has 0 bridgehead atoms. The second-order valence-corrected chi connectivity index (χ2v) is 5.01. The molecule has 0 spiro atoms. The lowest BCUT2D eigenvalue weighted by atomic mass is 10.1. The summed E-state index contributed by atoms with van der Waals surface area (Å²) in [5.41, 5.74) is 2.43. The lowest BCUT2D eigenvalue weighted by molar-refractivity contribution is -0.138. The van der Waals surface area contributed by atoms with E-state index in [1.54, 1.807) is 0 Å². The number of nitrogens with zero attached hydrogens (tertiary/aromatic N) is 2. The van der Waals surface area contributed by atoms with Crippen LogP contribution in [0.4, 0.5) is 5.69 Å². The van der Waals surface area contributed by atoms with Crippen molar-refractivity contribution in [2.45, 2.75) is 19.4 Å². The Hall–Kier alpha value is -1.55. The van der Waals surface area contributed by atoms with Gasteiger partial charge < -0.3 is 10.0 Å². The van der Waals surface area contributed by atoms with Gasteiger partial charge in [0.1, 0.15) is 0 Å². The van der Waals surface area contributed by atoms with Crippen LogP contribution in [0.1, 0.15) is 12.0 Å². The molecular formula is C14H20N2O2. The Balaban J connectivity index is 2.06. The van der Waals surface area contributed by atoms with Crippen LogP contribution in [0.25, 0.3) is 0 Å². The maximum Gasteiger partial charge on any atom is 0.305 e. The largest absolute Gasteiger partial charge is 0.481 e. The monoisotopic (exact) mass is 248 g/mol. The summed E-state index contributed by atoms with van der Waals surface area (Å²) < 4.78 is 0. The van der Waals surface area contributed by atoms with Gasteiger partial charge in [0.2, 0.25) is 0 Å². The van der Waals surface area contributed by atoms with Crippen molar-refractivity contribution in [2.75, 3.05) is 31.6 Å². The number of anilines is 1. The number of aryl methyl sites for hydroxylation is 1. The topological polar surface area (TPSA) is 43.8 Å². The Labute approximate surface area is 108 Å². The maximum atomic E-state index is 10.9. The normalized spacial score (nSPS) is 21.0. The average Bonchev–Trinajstić information content (AvgIpc) is 2.32. The fourth-order valence-corrected chi connectivity index (χ4v) is 2.36. The lowest BCUT2D eigenvalue weighted by Gasteiger charge is -2.40. The van der Waals surface area contributed by atoms with Gasteiger partial charge in [0.15, 0.2) is 0 Å². The number of carbonyl (C=O) groups is 1. The first kappa shape index (κ1) is 12.9. The zero-order chi connectivity index (χ0) is 13.1. The molecule has 1 fully saturated rings. The molecular weight excluding hydrogens is 228 g/mol. The van der Waals surface area contributed by atoms with Crippen LogP contribution in [-0.2, 0) is 4.79 Å². The SMILES string of the molecule is Cc1ccc(N2CCN(C)C(CC(=O)O)C2)cc1. The summed E-state index contributed by atoms with van der Waals surface area (Å²) in [6, 6.07) is 8.51. The second kappa shape index (κ2) is 5.40. The van der Waals surface area contributed by atoms with E-state index in [1.165, 1.54) is 11.3 Å². The third-order valence-electron chi connectivity index (χ3n) is 3.59. The lowest BCUT2D eigenvalue weighted by Crippen LogP contribution is -2.52. The van der Waals surface area contributed by atoms with Gasteiger partial charge in [-0.15, -0.1) is 0 Å². The van der Waals surface area contributed by atoms with Crippen LogP contribution in [-0.4, -0.2) is 48.7 Å². The summed E-state index contributed by atoms with van der Waals surface area (Å²) in [6.07, 6.45) is 0.207. The number of rotatable bonds is 3. The summed E-state index contributed by atoms with van der Waals surface area (Å²) in [4.78, 5) is 15.3. The molecule has 1 saturated heterocycles. The van der Waals surface area contributed by atoms with Crippen molar-refractivity contribution in [1.29, 1.82) is 0 Å². The zero-order valence-electron chi connectivity index (χ0n) is 11.0. The number of piperazine rings is 1. The molecule has 0 radical (unpaired) electrons. The minimum absolute atomic E-state index is 0.0950. The van der Waals surface area contributed by atoms with Gasteiger partial charge in [-0.1, -0.05) is 17.7 Å². The molecule has 0 aliphatic carbocycles. The predicted molar refractivity (Wildman–Crippen MR) is 72.1 cm³/mol. The van der Waals surface area contributed by atoms with Crippen LogP contribution in [0.3, 0.4) is 0 Å². The highest BCUT2D eigenvalue weighted by molar-refractivity contribution is 5.67. The third kappa shape index (κ3) is 3.01. The van der Waals surface area contributed by atoms with Crippen molar-refractivity contribution in [3.8, 4) is 0 Å². The zero-order valence-corrected chi connectivity index (χ0v) is 11.0. The van der Waals surface area contributed by atoms with Crippen molar-refractivity contribution in [3.63, 3.8) is 0 Å². The molecule has 1 unspecified atom stereocenters. The number of hydrogen-bond acceptors (Lipinski definition) is 3. The van der Waals surface area contributed by atoms with E-state index in [-0.39, 0.29) is 12.5 Å². The van der Waals surface area contributed by atoms with Gasteiger partial charge in [-0.25, -0.2) is 0 Å². The van der Waals surface area contributed by atoms with Crippen molar-refractivity contribution >= 4 is 11.7 Å². The molecule has 1 aromatic rings. The molecule has 1 atom stereocenters. The van der Waals surface area contributed by atoms with Gasteiger partial charge in [-0.3, -0.25) is 9.69 Å². The molecule has 4 nitrogen and oxygen atoms in total. The molecule has 18 heavy (non-hydrogen) atoms. The fraction of sp³-hybridized carbons (Fsp3) is 0.500. The Kier molecular flexibility index (Phi) is 3.87. The Morgan fingerprint density at radius 1 is 1.33 bits per heavy atom. The number of carboxylic acid groups (broad SMARTS) is 1. The minimum atomic E-state index is -0.724. The molecule has 1 heterocycles. The van der Waals surface area contributed by atoms with E-state index >= 15 is 0 Å². The maximum absolute atomic E-state index is 10.9. The summed E-state index contributed by atoms with van der Waals surface area (Å²) in [5.74, 6) is -0.724. The van der Waals surface area contributed by atoms with Crippen molar-refractivity contribution in [3.05, 3.63) is 29.8 Å². The van der Waals surface area contributed by atoms with Crippen LogP contribution in [0.15, 0.2) is 24.3 Å². The Morgan fingerprint density at radius 2 is 2.00 bits per heavy atom. The third-order valence-corrected chi connectivity index (χ3v) is 3.59. The number of carboxylic acids is 1. The molecule has 1 N–H and O–H groups in total. The Morgan fingerprint density at radius 3 is 2.61 bits per heavy atom. The van der Waals surface area contributed by atoms with Crippen molar-refractivity contribution in [2.24, 2.45) is 0 Å². The number of likely N-dealkylation sites (N-methyl/N-ethyl adjacent to an activating group) is 1. The van der Waals surface area contributed by atoms with Gasteiger partial charge in [0.05, 0.1) is 6.42 Å². The highest BCUT2D eigenvalue weighted by Gasteiger charge is 2.26. The van der Waals surface area contributed by atoms with Gasteiger partial charge in [-0.2, -0.15) is 0 Å². The molecule has 1 aromatic carbocycles. The fourth-order valence-electron chi connectivity index (χ4n) is 2.36. The number of aliphatic carboxylic acids is 1. The van der Waals surface area contributed by atoms with Crippen LogP contribution >= 0.6 is 0 Å². The summed E-state index contributed by atoms with van der Waals surface area (Å²) in [5, 5.41) is 8.93. The van der Waals surface area contributed by atoms with Gasteiger partial charge in [-0.05, 0) is 26.1 Å². The smallest absolute Gasteiger partial charge is 0.305 e. The van der Waals surface area contributed by atoms with Crippen LogP contribution in [0.2, 0.25) is 0 Å². The van der Waals surface area contributed by atoms with Gasteiger partial charge in [0.25, 0.3) is 0 Å². The Bertz CT molecular complexity index is 416. The van der Waals surface area contributed by atoms with E-state index in [0.29, 0.717) is 0 Å². The van der Waals surface area contributed by atoms with Crippen LogP contribution < -0.4 is 4.90 Å². The molecule has 0 aromatic heterocycles. The van der Waals surface area contributed by atoms with Crippen molar-refractivity contribution in [1.82, 2.24) is 4.90 Å². The molecule has 1 aliphatic rings. The standard InChI is InChI=1S/C14H20N2O2/c1-11-3-5-12(6-4-11)16-8-7-15(2)13(10-16)9-14(17)18/h3-6,13H,7-10H2,1-2H3,(H,17,18). The van der Waals surface area contributed by atoms with E-state index in [0.717, 1.165) is 19.6 Å². The summed E-state index contributed by atoms with van der Waals surface area (Å²) in [6.45, 7) is 4.72. The predicted octanol–water partition coefficient (Wildman–Crippen LogP) is 1.59. The van der Waals surface area contributed by atoms with E-state index in [4.69, 9.17) is 5.11 Å². The number of benzene rings is 1. The van der Waals surface area contributed by atoms with Crippen LogP contribution in [0, 0.1) is 6.92 Å². The molecule has 4 heteroatoms. The van der Waals surface area contributed by atoms with Crippen molar-refractivity contribution < 1.29 is 9.90 Å². The second-order valence-electron chi connectivity index (χ2n) is 5.01. The summed E-state index contributed by atoms with van der Waals surface area (Å²) >= 11 is 0. The van der Waals surface area contributed by atoms with E-state index in [2.05, 4.69) is 41.0 Å². The summed E-state index contributed by atoms with van der Waals surface area (Å²) in [7, 11) is 2.00. The highest BCUT2D eigenvalue weighted by atomic mass is 16.4. The first-order valence-corrected chi connectivity index (χ1v) is 6.30. The first-order valence-electron chi connectivity index (χ1n) is 6.30.